The van der Waals surface area contributed by atoms with Crippen LogP contribution < -0.4 is 15.4 Å². The average Bonchev–Trinajstić information content (AvgIpc) is 3.09. The largest absolute Gasteiger partial charge is 0.494 e. The van der Waals surface area contributed by atoms with E-state index in [1.165, 1.54) is 13.4 Å². The van der Waals surface area contributed by atoms with E-state index in [9.17, 15) is 9.59 Å². The fourth-order valence-corrected chi connectivity index (χ4v) is 2.02. The number of ether oxygens (including phenoxy) is 1. The number of anilines is 2. The van der Waals surface area contributed by atoms with Crippen molar-refractivity contribution in [2.75, 3.05) is 17.7 Å². The third-order valence-corrected chi connectivity index (χ3v) is 3.24. The van der Waals surface area contributed by atoms with E-state index in [0.717, 1.165) is 12.8 Å². The van der Waals surface area contributed by atoms with Crippen molar-refractivity contribution >= 4 is 23.2 Å². The summed E-state index contributed by atoms with van der Waals surface area (Å²) in [5.41, 5.74) is 1.12. The highest BCUT2D eigenvalue weighted by atomic mass is 16.5. The van der Waals surface area contributed by atoms with Crippen LogP contribution in [0.15, 0.2) is 41.0 Å². The normalized spacial score (nSPS) is 10.2. The lowest BCUT2D eigenvalue weighted by Crippen LogP contribution is -2.13. The maximum absolute atomic E-state index is 11.9. The van der Waals surface area contributed by atoms with Crippen LogP contribution in [-0.4, -0.2) is 18.9 Å². The molecule has 23 heavy (non-hydrogen) atoms. The number of carbonyl (C=O) groups excluding carboxylic acids is 2. The number of benzene rings is 1. The monoisotopic (exact) mass is 316 g/mol. The lowest BCUT2D eigenvalue weighted by molar-refractivity contribution is -0.116. The summed E-state index contributed by atoms with van der Waals surface area (Å²) >= 11 is 0. The molecule has 0 spiro atoms. The van der Waals surface area contributed by atoms with Crippen LogP contribution in [0.4, 0.5) is 11.4 Å². The first-order chi connectivity index (χ1) is 11.1. The van der Waals surface area contributed by atoms with Gasteiger partial charge in [0.25, 0.3) is 5.91 Å². The molecule has 0 aliphatic carbocycles. The highest BCUT2D eigenvalue weighted by Gasteiger charge is 2.12. The standard InChI is InChI=1S/C17H20N2O4/c1-3-4-7-16(20)19-13-9-8-12(11-15(13)22-2)18-17(21)14-6-5-10-23-14/h5-6,8-11H,3-4,7H2,1-2H3,(H,18,21)(H,19,20). The maximum atomic E-state index is 11.9. The van der Waals surface area contributed by atoms with Gasteiger partial charge in [-0.2, -0.15) is 0 Å². The zero-order chi connectivity index (χ0) is 16.7. The van der Waals surface area contributed by atoms with Gasteiger partial charge in [-0.1, -0.05) is 13.3 Å². The number of carbonyl (C=O) groups is 2. The molecule has 0 aliphatic heterocycles. The molecule has 0 atom stereocenters. The Labute approximate surface area is 134 Å². The molecule has 2 rings (SSSR count). The molecule has 0 radical (unpaired) electrons. The van der Waals surface area contributed by atoms with Crippen molar-refractivity contribution in [1.29, 1.82) is 0 Å². The molecule has 0 unspecified atom stereocenters. The average molecular weight is 316 g/mol. The van der Waals surface area contributed by atoms with Crippen molar-refractivity contribution in [1.82, 2.24) is 0 Å². The molecule has 0 saturated carbocycles. The Morgan fingerprint density at radius 3 is 2.70 bits per heavy atom. The Morgan fingerprint density at radius 1 is 1.22 bits per heavy atom. The van der Waals surface area contributed by atoms with Gasteiger partial charge in [-0.25, -0.2) is 0 Å². The zero-order valence-corrected chi connectivity index (χ0v) is 13.2. The van der Waals surface area contributed by atoms with Gasteiger partial charge < -0.3 is 19.8 Å². The van der Waals surface area contributed by atoms with E-state index in [4.69, 9.17) is 9.15 Å². The van der Waals surface area contributed by atoms with Crippen LogP contribution in [0.25, 0.3) is 0 Å². The van der Waals surface area contributed by atoms with E-state index < -0.39 is 0 Å². The minimum atomic E-state index is -0.350. The van der Waals surface area contributed by atoms with Crippen molar-refractivity contribution < 1.29 is 18.7 Å². The highest BCUT2D eigenvalue weighted by Crippen LogP contribution is 2.28. The molecule has 6 nitrogen and oxygen atoms in total. The molecule has 2 N–H and O–H groups in total. The van der Waals surface area contributed by atoms with Gasteiger partial charge in [-0.05, 0) is 30.7 Å². The fraction of sp³-hybridized carbons (Fsp3) is 0.294. The van der Waals surface area contributed by atoms with Gasteiger partial charge >= 0.3 is 0 Å². The molecule has 2 amide bonds. The number of unbranched alkanes of at least 4 members (excludes halogenated alkanes) is 1. The molecule has 1 aromatic carbocycles. The number of amides is 2. The van der Waals surface area contributed by atoms with E-state index in [1.807, 2.05) is 6.92 Å². The van der Waals surface area contributed by atoms with Crippen molar-refractivity contribution in [2.45, 2.75) is 26.2 Å². The van der Waals surface area contributed by atoms with Gasteiger partial charge in [-0.3, -0.25) is 9.59 Å². The van der Waals surface area contributed by atoms with E-state index in [2.05, 4.69) is 10.6 Å². The van der Waals surface area contributed by atoms with Gasteiger partial charge in [0.2, 0.25) is 5.91 Å². The van der Waals surface area contributed by atoms with Crippen LogP contribution in [-0.2, 0) is 4.79 Å². The van der Waals surface area contributed by atoms with Gasteiger partial charge in [0, 0.05) is 18.2 Å². The third-order valence-electron chi connectivity index (χ3n) is 3.24. The summed E-state index contributed by atoms with van der Waals surface area (Å²) in [6.07, 6.45) is 3.70. The minimum absolute atomic E-state index is 0.0579. The Hall–Kier alpha value is -2.76. The Morgan fingerprint density at radius 2 is 2.04 bits per heavy atom. The molecule has 6 heteroatoms. The SMILES string of the molecule is CCCCC(=O)Nc1ccc(NC(=O)c2ccco2)cc1OC. The van der Waals surface area contributed by atoms with Crippen molar-refractivity contribution in [3.05, 3.63) is 42.4 Å². The lowest BCUT2D eigenvalue weighted by atomic mass is 10.2. The smallest absolute Gasteiger partial charge is 0.291 e. The molecule has 2 aromatic rings. The van der Waals surface area contributed by atoms with Crippen LogP contribution in [0.1, 0.15) is 36.7 Å². The van der Waals surface area contributed by atoms with Crippen LogP contribution in [0.3, 0.4) is 0 Å². The van der Waals surface area contributed by atoms with Gasteiger partial charge in [0.15, 0.2) is 5.76 Å². The summed E-state index contributed by atoms with van der Waals surface area (Å²) in [5.74, 6) is 0.294. The third kappa shape index (κ3) is 4.60. The van der Waals surface area contributed by atoms with E-state index in [1.54, 1.807) is 30.3 Å². The lowest BCUT2D eigenvalue weighted by Gasteiger charge is -2.12. The summed E-state index contributed by atoms with van der Waals surface area (Å²) in [5, 5.41) is 5.52. The summed E-state index contributed by atoms with van der Waals surface area (Å²) in [4.78, 5) is 23.7. The molecule has 0 aliphatic rings. The van der Waals surface area contributed by atoms with Crippen molar-refractivity contribution in [2.24, 2.45) is 0 Å². The molecular formula is C17H20N2O4. The topological polar surface area (TPSA) is 80.6 Å². The molecule has 1 heterocycles. The summed E-state index contributed by atoms with van der Waals surface area (Å²) in [6, 6.07) is 8.26. The van der Waals surface area contributed by atoms with Gasteiger partial charge in [0.05, 0.1) is 19.1 Å². The Bertz CT molecular complexity index is 665. The predicted octanol–water partition coefficient (Wildman–Crippen LogP) is 3.67. The van der Waals surface area contributed by atoms with E-state index in [0.29, 0.717) is 23.5 Å². The van der Waals surface area contributed by atoms with Crippen LogP contribution in [0, 0.1) is 0 Å². The molecule has 0 saturated heterocycles. The van der Waals surface area contributed by atoms with Crippen LogP contribution >= 0.6 is 0 Å². The minimum Gasteiger partial charge on any atom is -0.494 e. The highest BCUT2D eigenvalue weighted by molar-refractivity contribution is 6.02. The van der Waals surface area contributed by atoms with Gasteiger partial charge in [-0.15, -0.1) is 0 Å². The summed E-state index contributed by atoms with van der Waals surface area (Å²) in [7, 11) is 1.51. The first-order valence-corrected chi connectivity index (χ1v) is 7.46. The molecule has 1 aromatic heterocycles. The van der Waals surface area contributed by atoms with Gasteiger partial charge in [0.1, 0.15) is 5.75 Å². The molecular weight excluding hydrogens is 296 g/mol. The second-order valence-electron chi connectivity index (χ2n) is 5.00. The number of hydrogen-bond acceptors (Lipinski definition) is 4. The Kier molecular flexibility index (Phi) is 5.80. The number of nitrogens with one attached hydrogen (secondary N) is 2. The molecule has 0 fully saturated rings. The fourth-order valence-electron chi connectivity index (χ4n) is 2.02. The van der Waals surface area contributed by atoms with E-state index in [-0.39, 0.29) is 17.6 Å². The number of furan rings is 1. The number of methoxy groups -OCH3 is 1. The number of rotatable bonds is 7. The summed E-state index contributed by atoms with van der Waals surface area (Å²) < 4.78 is 10.3. The Balaban J connectivity index is 2.06. The maximum Gasteiger partial charge on any atom is 0.291 e. The first kappa shape index (κ1) is 16.6. The van der Waals surface area contributed by atoms with Crippen molar-refractivity contribution in [3.63, 3.8) is 0 Å². The van der Waals surface area contributed by atoms with Crippen LogP contribution in [0.5, 0.6) is 5.75 Å². The van der Waals surface area contributed by atoms with E-state index >= 15 is 0 Å². The molecule has 122 valence electrons. The summed E-state index contributed by atoms with van der Waals surface area (Å²) in [6.45, 7) is 2.03. The van der Waals surface area contributed by atoms with Crippen molar-refractivity contribution in [3.8, 4) is 5.75 Å². The second kappa shape index (κ2) is 8.03. The quantitative estimate of drug-likeness (QED) is 0.816. The second-order valence-corrected chi connectivity index (χ2v) is 5.00. The predicted molar refractivity (Wildman–Crippen MR) is 87.8 cm³/mol. The number of hydrogen-bond donors (Lipinski definition) is 2. The zero-order valence-electron chi connectivity index (χ0n) is 13.2. The first-order valence-electron chi connectivity index (χ1n) is 7.46. The van der Waals surface area contributed by atoms with Crippen LogP contribution in [0.2, 0.25) is 0 Å². The molecule has 0 bridgehead atoms.